The quantitative estimate of drug-likeness (QED) is 0.696. The first kappa shape index (κ1) is 12.0. The van der Waals surface area contributed by atoms with E-state index in [1.54, 1.807) is 0 Å². The smallest absolute Gasteiger partial charge is 0.465 e. The SMILES string of the molecule is O=C(O)N1C2CCC1CN(C(=O)C(F)(F)F)C2. The highest BCUT2D eigenvalue weighted by atomic mass is 19.4. The molecule has 5 nitrogen and oxygen atoms in total. The molecule has 17 heavy (non-hydrogen) atoms. The number of hydrogen-bond acceptors (Lipinski definition) is 2. The minimum absolute atomic E-state index is 0.166. The molecular weight excluding hydrogens is 241 g/mol. The van der Waals surface area contributed by atoms with Crippen molar-refractivity contribution in [3.63, 3.8) is 0 Å². The zero-order chi connectivity index (χ0) is 12.8. The van der Waals surface area contributed by atoms with E-state index >= 15 is 0 Å². The number of carbonyl (C=O) groups excluding carboxylic acids is 1. The molecule has 2 heterocycles. The molecule has 2 fully saturated rings. The molecule has 8 heteroatoms. The fraction of sp³-hybridized carbons (Fsp3) is 0.778. The van der Waals surface area contributed by atoms with Gasteiger partial charge in [0.05, 0.1) is 12.1 Å². The fourth-order valence-corrected chi connectivity index (χ4v) is 2.56. The normalized spacial score (nSPS) is 28.4. The van der Waals surface area contributed by atoms with E-state index < -0.39 is 30.3 Å². The van der Waals surface area contributed by atoms with Crippen LogP contribution in [-0.4, -0.2) is 58.3 Å². The Labute approximate surface area is 94.8 Å². The third-order valence-corrected chi connectivity index (χ3v) is 3.23. The van der Waals surface area contributed by atoms with Gasteiger partial charge < -0.3 is 10.0 Å². The second-order valence-electron chi connectivity index (χ2n) is 4.28. The molecule has 0 radical (unpaired) electrons. The van der Waals surface area contributed by atoms with Gasteiger partial charge >= 0.3 is 18.2 Å². The average Bonchev–Trinajstić information content (AvgIpc) is 2.47. The van der Waals surface area contributed by atoms with Crippen LogP contribution in [0.1, 0.15) is 12.8 Å². The number of likely N-dealkylation sites (tertiary alicyclic amines) is 1. The summed E-state index contributed by atoms with van der Waals surface area (Å²) in [6.07, 6.45) is -4.99. The first-order valence-electron chi connectivity index (χ1n) is 5.18. The largest absolute Gasteiger partial charge is 0.471 e. The number of piperazine rings is 1. The van der Waals surface area contributed by atoms with Crippen molar-refractivity contribution in [1.29, 1.82) is 0 Å². The maximum atomic E-state index is 12.2. The van der Waals surface area contributed by atoms with Crippen molar-refractivity contribution in [2.45, 2.75) is 31.1 Å². The summed E-state index contributed by atoms with van der Waals surface area (Å²) in [5.41, 5.74) is 0. The number of halogens is 3. The van der Waals surface area contributed by atoms with Crippen LogP contribution >= 0.6 is 0 Å². The summed E-state index contributed by atoms with van der Waals surface area (Å²) < 4.78 is 36.7. The Balaban J connectivity index is 2.10. The fourth-order valence-electron chi connectivity index (χ4n) is 2.56. The van der Waals surface area contributed by atoms with Gasteiger partial charge in [-0.1, -0.05) is 0 Å². The Morgan fingerprint density at radius 1 is 1.12 bits per heavy atom. The van der Waals surface area contributed by atoms with Crippen molar-refractivity contribution >= 4 is 12.0 Å². The van der Waals surface area contributed by atoms with E-state index in [0.29, 0.717) is 17.7 Å². The lowest BCUT2D eigenvalue weighted by Gasteiger charge is -2.39. The molecule has 2 unspecified atom stereocenters. The first-order valence-corrected chi connectivity index (χ1v) is 5.18. The van der Waals surface area contributed by atoms with Gasteiger partial charge in [-0.15, -0.1) is 0 Å². The lowest BCUT2D eigenvalue weighted by atomic mass is 10.2. The number of alkyl halides is 3. The molecule has 2 bridgehead atoms. The first-order chi connectivity index (χ1) is 7.80. The highest BCUT2D eigenvalue weighted by Gasteiger charge is 2.49. The Morgan fingerprint density at radius 3 is 1.94 bits per heavy atom. The number of carboxylic acid groups (broad SMARTS) is 1. The molecule has 0 spiro atoms. The van der Waals surface area contributed by atoms with E-state index in [1.165, 1.54) is 4.90 Å². The lowest BCUT2D eigenvalue weighted by Crippen LogP contribution is -2.58. The molecule has 2 saturated heterocycles. The number of carbonyl (C=O) groups is 2. The Morgan fingerprint density at radius 2 is 1.59 bits per heavy atom. The number of rotatable bonds is 0. The molecule has 2 amide bonds. The van der Waals surface area contributed by atoms with Gasteiger partial charge in [-0.2, -0.15) is 13.2 Å². The molecule has 0 aromatic carbocycles. The van der Waals surface area contributed by atoms with Gasteiger partial charge in [-0.05, 0) is 12.8 Å². The zero-order valence-corrected chi connectivity index (χ0v) is 8.78. The minimum Gasteiger partial charge on any atom is -0.465 e. The summed E-state index contributed by atoms with van der Waals surface area (Å²) >= 11 is 0. The van der Waals surface area contributed by atoms with Crippen LogP contribution in [-0.2, 0) is 4.79 Å². The molecule has 2 aliphatic rings. The molecule has 0 aromatic rings. The van der Waals surface area contributed by atoms with Crippen molar-refractivity contribution in [2.24, 2.45) is 0 Å². The molecule has 2 aliphatic heterocycles. The predicted octanol–water partition coefficient (Wildman–Crippen LogP) is 0.902. The van der Waals surface area contributed by atoms with E-state index in [9.17, 15) is 22.8 Å². The molecular formula is C9H11F3N2O3. The van der Waals surface area contributed by atoms with Crippen molar-refractivity contribution in [3.8, 4) is 0 Å². The van der Waals surface area contributed by atoms with Crippen LogP contribution in [0.2, 0.25) is 0 Å². The van der Waals surface area contributed by atoms with Crippen LogP contribution in [0, 0.1) is 0 Å². The zero-order valence-electron chi connectivity index (χ0n) is 8.78. The number of amides is 2. The Bertz CT molecular complexity index is 344. The van der Waals surface area contributed by atoms with Crippen molar-refractivity contribution < 1.29 is 27.9 Å². The number of fused-ring (bicyclic) bond motifs is 2. The van der Waals surface area contributed by atoms with E-state index in [2.05, 4.69) is 0 Å². The minimum atomic E-state index is -4.88. The van der Waals surface area contributed by atoms with Crippen LogP contribution in [0.4, 0.5) is 18.0 Å². The van der Waals surface area contributed by atoms with Gasteiger partial charge in [0.1, 0.15) is 0 Å². The standard InChI is InChI=1S/C9H11F3N2O3/c10-9(11,12)7(15)13-3-5-1-2-6(4-13)14(5)8(16)17/h5-6H,1-4H2,(H,16,17). The molecule has 2 rings (SSSR count). The highest BCUT2D eigenvalue weighted by Crippen LogP contribution is 2.32. The van der Waals surface area contributed by atoms with Crippen molar-refractivity contribution in [1.82, 2.24) is 9.80 Å². The molecule has 0 saturated carbocycles. The molecule has 0 aromatic heterocycles. The predicted molar refractivity (Wildman–Crippen MR) is 49.3 cm³/mol. The Hall–Kier alpha value is -1.47. The summed E-state index contributed by atoms with van der Waals surface area (Å²) in [6.45, 7) is -0.331. The number of nitrogens with zero attached hydrogens (tertiary/aromatic N) is 2. The van der Waals surface area contributed by atoms with Gasteiger partial charge in [-0.25, -0.2) is 4.79 Å². The second kappa shape index (κ2) is 3.78. The number of hydrogen-bond donors (Lipinski definition) is 1. The highest BCUT2D eigenvalue weighted by molar-refractivity contribution is 5.82. The molecule has 96 valence electrons. The van der Waals surface area contributed by atoms with E-state index in [0.717, 1.165) is 0 Å². The van der Waals surface area contributed by atoms with Crippen LogP contribution in [0.15, 0.2) is 0 Å². The third-order valence-electron chi connectivity index (χ3n) is 3.23. The third kappa shape index (κ3) is 2.03. The summed E-state index contributed by atoms with van der Waals surface area (Å²) in [5.74, 6) is -1.88. The summed E-state index contributed by atoms with van der Waals surface area (Å²) in [7, 11) is 0. The lowest BCUT2D eigenvalue weighted by molar-refractivity contribution is -0.188. The molecule has 1 N–H and O–H groups in total. The summed E-state index contributed by atoms with van der Waals surface area (Å²) in [5, 5.41) is 8.90. The monoisotopic (exact) mass is 252 g/mol. The topological polar surface area (TPSA) is 60.9 Å². The van der Waals surface area contributed by atoms with E-state index in [4.69, 9.17) is 5.11 Å². The molecule has 0 aliphatic carbocycles. The second-order valence-corrected chi connectivity index (χ2v) is 4.28. The van der Waals surface area contributed by atoms with Crippen molar-refractivity contribution in [3.05, 3.63) is 0 Å². The van der Waals surface area contributed by atoms with Gasteiger partial charge in [0.2, 0.25) is 0 Å². The maximum absolute atomic E-state index is 12.2. The van der Waals surface area contributed by atoms with Gasteiger partial charge in [-0.3, -0.25) is 9.69 Å². The van der Waals surface area contributed by atoms with Crippen LogP contribution in [0.3, 0.4) is 0 Å². The van der Waals surface area contributed by atoms with E-state index in [-0.39, 0.29) is 13.1 Å². The van der Waals surface area contributed by atoms with E-state index in [1.807, 2.05) is 0 Å². The Kier molecular flexibility index (Phi) is 2.67. The van der Waals surface area contributed by atoms with Gasteiger partial charge in [0.15, 0.2) is 0 Å². The van der Waals surface area contributed by atoms with Crippen LogP contribution in [0.25, 0.3) is 0 Å². The van der Waals surface area contributed by atoms with Gasteiger partial charge in [0, 0.05) is 13.1 Å². The van der Waals surface area contributed by atoms with Crippen LogP contribution < -0.4 is 0 Å². The van der Waals surface area contributed by atoms with Crippen molar-refractivity contribution in [2.75, 3.05) is 13.1 Å². The van der Waals surface area contributed by atoms with Crippen LogP contribution in [0.5, 0.6) is 0 Å². The summed E-state index contributed by atoms with van der Waals surface area (Å²) in [4.78, 5) is 23.8. The van der Waals surface area contributed by atoms with Gasteiger partial charge in [0.25, 0.3) is 0 Å². The summed E-state index contributed by atoms with van der Waals surface area (Å²) in [6, 6.07) is -1.00. The molecule has 2 atom stereocenters. The maximum Gasteiger partial charge on any atom is 0.471 e. The average molecular weight is 252 g/mol.